The van der Waals surface area contributed by atoms with Gasteiger partial charge in [0, 0.05) is 38.4 Å². The summed E-state index contributed by atoms with van der Waals surface area (Å²) in [4.78, 5) is 47.5. The minimum Gasteiger partial charge on any atom is -0.455 e. The lowest BCUT2D eigenvalue weighted by Gasteiger charge is -2.40. The van der Waals surface area contributed by atoms with E-state index < -0.39 is 23.7 Å². The Kier molecular flexibility index (Phi) is 10.3. The number of amides is 2. The van der Waals surface area contributed by atoms with E-state index in [0.29, 0.717) is 25.7 Å². The van der Waals surface area contributed by atoms with Crippen molar-refractivity contribution in [2.24, 2.45) is 23.2 Å². The van der Waals surface area contributed by atoms with Gasteiger partial charge in [0.05, 0.1) is 21.6 Å². The molecule has 0 radical (unpaired) electrons. The van der Waals surface area contributed by atoms with Gasteiger partial charge < -0.3 is 9.47 Å². The molecule has 9 heteroatoms. The summed E-state index contributed by atoms with van der Waals surface area (Å²) in [7, 11) is 1.47. The third kappa shape index (κ3) is 7.31. The number of aromatic nitrogens is 1. The van der Waals surface area contributed by atoms with Crippen LogP contribution in [0.3, 0.4) is 0 Å². The van der Waals surface area contributed by atoms with Crippen LogP contribution in [-0.4, -0.2) is 69.5 Å². The van der Waals surface area contributed by atoms with E-state index in [1.807, 2.05) is 51.1 Å². The number of esters is 1. The SMILES string of the molecule is CC[C@H]1OC(=O)N(C)C(=O)[C@H](C)C[C@](C)(CC#Cc2ccc(C#Cc3ccccn3)s2)C[C@@H](C)[N+]2=CCCC3C(=O)O[C@@]1(C)[C@H]3[C@H]2C. The Labute approximate surface area is 282 Å². The number of hydrogen-bond acceptors (Lipinski definition) is 7. The summed E-state index contributed by atoms with van der Waals surface area (Å²) in [6.45, 7) is 12.3. The molecule has 0 N–H and O–H groups in total. The molecule has 0 saturated carbocycles. The van der Waals surface area contributed by atoms with Crippen LogP contribution in [0.4, 0.5) is 4.79 Å². The van der Waals surface area contributed by atoms with E-state index in [0.717, 1.165) is 33.2 Å². The highest BCUT2D eigenvalue weighted by Crippen LogP contribution is 2.48. The molecule has 0 aliphatic carbocycles. The Morgan fingerprint density at radius 2 is 1.79 bits per heavy atom. The van der Waals surface area contributed by atoms with Gasteiger partial charge in [0.1, 0.15) is 24.1 Å². The number of cyclic esters (lactones) is 1. The number of ether oxygens (including phenoxy) is 2. The van der Waals surface area contributed by atoms with Gasteiger partial charge in [-0.15, -0.1) is 11.3 Å². The van der Waals surface area contributed by atoms with Crippen LogP contribution in [0.15, 0.2) is 36.5 Å². The summed E-state index contributed by atoms with van der Waals surface area (Å²) in [5, 5.41) is 0. The lowest BCUT2D eigenvalue weighted by atomic mass is 9.72. The maximum Gasteiger partial charge on any atom is 0.416 e. The first-order chi connectivity index (χ1) is 22.3. The van der Waals surface area contributed by atoms with E-state index >= 15 is 0 Å². The summed E-state index contributed by atoms with van der Waals surface area (Å²) in [6, 6.07) is 9.70. The average molecular weight is 657 g/mol. The Morgan fingerprint density at radius 1 is 1.04 bits per heavy atom. The average Bonchev–Trinajstić information content (AvgIpc) is 3.53. The highest BCUT2D eigenvalue weighted by atomic mass is 32.1. The van der Waals surface area contributed by atoms with Crippen LogP contribution < -0.4 is 0 Å². The van der Waals surface area contributed by atoms with Crippen LogP contribution in [0.5, 0.6) is 0 Å². The van der Waals surface area contributed by atoms with E-state index in [2.05, 4.69) is 60.2 Å². The molecule has 2 saturated heterocycles. The summed E-state index contributed by atoms with van der Waals surface area (Å²) < 4.78 is 14.5. The molecular formula is C38H46N3O5S+. The Morgan fingerprint density at radius 3 is 2.49 bits per heavy atom. The van der Waals surface area contributed by atoms with Crippen molar-refractivity contribution < 1.29 is 28.4 Å². The lowest BCUT2D eigenvalue weighted by molar-refractivity contribution is -0.604. The molecule has 1 unspecified atom stereocenters. The predicted molar refractivity (Wildman–Crippen MR) is 182 cm³/mol. The van der Waals surface area contributed by atoms with Gasteiger partial charge in [0.25, 0.3) is 0 Å². The molecule has 2 fully saturated rings. The number of hydrogen-bond donors (Lipinski definition) is 0. The minimum atomic E-state index is -1.02. The zero-order valence-electron chi connectivity index (χ0n) is 28.5. The van der Waals surface area contributed by atoms with Crippen LogP contribution in [-0.2, 0) is 19.1 Å². The lowest BCUT2D eigenvalue weighted by Crippen LogP contribution is -2.55. The third-order valence-corrected chi connectivity index (χ3v) is 11.1. The van der Waals surface area contributed by atoms with Crippen LogP contribution in [0.1, 0.15) is 95.5 Å². The number of carbonyl (C=O) groups is 3. The van der Waals surface area contributed by atoms with Gasteiger partial charge in [0.2, 0.25) is 5.91 Å². The van der Waals surface area contributed by atoms with Crippen molar-refractivity contribution in [2.45, 2.75) is 104 Å². The van der Waals surface area contributed by atoms with Gasteiger partial charge in [-0.05, 0) is 81.6 Å². The van der Waals surface area contributed by atoms with Crippen molar-refractivity contribution in [3.63, 3.8) is 0 Å². The second kappa shape index (κ2) is 14.0. The van der Waals surface area contributed by atoms with Crippen molar-refractivity contribution in [3.05, 3.63) is 52.0 Å². The summed E-state index contributed by atoms with van der Waals surface area (Å²) >= 11 is 1.55. The second-order valence-electron chi connectivity index (χ2n) is 13.9. The summed E-state index contributed by atoms with van der Waals surface area (Å²) in [5.74, 6) is 11.6. The molecule has 2 aromatic heterocycles. The molecule has 47 heavy (non-hydrogen) atoms. The number of nitrogens with zero attached hydrogens (tertiary/aromatic N) is 3. The fraction of sp³-hybridized carbons (Fsp3) is 0.553. The number of pyridine rings is 1. The number of rotatable bonds is 2. The van der Waals surface area contributed by atoms with E-state index in [1.165, 1.54) is 7.05 Å². The van der Waals surface area contributed by atoms with Crippen LogP contribution >= 0.6 is 11.3 Å². The molecule has 2 amide bonds. The molecule has 0 aromatic carbocycles. The van der Waals surface area contributed by atoms with Gasteiger partial charge in [-0.3, -0.25) is 14.5 Å². The van der Waals surface area contributed by atoms with Crippen molar-refractivity contribution in [1.29, 1.82) is 0 Å². The molecule has 0 spiro atoms. The highest BCUT2D eigenvalue weighted by molar-refractivity contribution is 7.13. The number of thiophene rings is 1. The summed E-state index contributed by atoms with van der Waals surface area (Å²) in [6.07, 6.45) is 6.38. The van der Waals surface area contributed by atoms with Crippen LogP contribution in [0.2, 0.25) is 0 Å². The van der Waals surface area contributed by atoms with Crippen molar-refractivity contribution in [1.82, 2.24) is 9.88 Å². The first-order valence-electron chi connectivity index (χ1n) is 16.7. The van der Waals surface area contributed by atoms with Crippen molar-refractivity contribution in [3.8, 4) is 23.7 Å². The normalized spacial score (nSPS) is 32.8. The van der Waals surface area contributed by atoms with E-state index in [4.69, 9.17) is 9.47 Å². The summed E-state index contributed by atoms with van der Waals surface area (Å²) in [5.41, 5.74) is -0.635. The maximum atomic E-state index is 13.6. The topological polar surface area (TPSA) is 88.8 Å². The highest BCUT2D eigenvalue weighted by Gasteiger charge is 2.62. The Balaban J connectivity index is 1.44. The molecular weight excluding hydrogens is 611 g/mol. The Hall–Kier alpha value is -3.95. The van der Waals surface area contributed by atoms with Crippen LogP contribution in [0.25, 0.3) is 0 Å². The van der Waals surface area contributed by atoms with Crippen molar-refractivity contribution >= 4 is 35.5 Å². The van der Waals surface area contributed by atoms with Gasteiger partial charge in [0.15, 0.2) is 11.6 Å². The molecule has 3 aliphatic heterocycles. The standard InChI is InChI=1S/C38H46N3O5S/c1-8-32-38(6)33-27(4)41(22-12-15-31(33)35(43)46-38)26(3)24-37(5,23-25(2)34(42)40(7)36(44)45-32)20-11-14-29-18-19-30(47-29)17-16-28-13-9-10-21-39-28/h9-10,13,18-19,21-22,25-27,31-33H,8,12,15,20,23-24H2,1-7H3/q+1/t25-,26-,27-,31?,32-,33+,37+,38-/m1/s1. The van der Waals surface area contributed by atoms with Gasteiger partial charge in [-0.25, -0.2) is 14.4 Å². The van der Waals surface area contributed by atoms with Gasteiger partial charge in [-0.2, -0.15) is 0 Å². The molecule has 8 atom stereocenters. The molecule has 2 aromatic rings. The fourth-order valence-corrected chi connectivity index (χ4v) is 8.85. The predicted octanol–water partition coefficient (Wildman–Crippen LogP) is 6.30. The number of imide groups is 1. The number of carbonyl (C=O) groups excluding carboxylic acids is 3. The van der Waals surface area contributed by atoms with Crippen LogP contribution in [0, 0.1) is 46.9 Å². The second-order valence-corrected chi connectivity index (χ2v) is 15.0. The third-order valence-electron chi connectivity index (χ3n) is 10.2. The quantitative estimate of drug-likeness (QED) is 0.214. The molecule has 8 nitrogen and oxygen atoms in total. The first-order valence-corrected chi connectivity index (χ1v) is 17.5. The van der Waals surface area contributed by atoms with E-state index in [1.54, 1.807) is 17.5 Å². The maximum absolute atomic E-state index is 13.6. The monoisotopic (exact) mass is 656 g/mol. The molecule has 2 bridgehead atoms. The minimum absolute atomic E-state index is 0.0338. The zero-order chi connectivity index (χ0) is 33.9. The van der Waals surface area contributed by atoms with E-state index in [-0.39, 0.29) is 41.2 Å². The van der Waals surface area contributed by atoms with Gasteiger partial charge >= 0.3 is 12.1 Å². The largest absolute Gasteiger partial charge is 0.455 e. The Bertz CT molecular complexity index is 1660. The smallest absolute Gasteiger partial charge is 0.416 e. The molecule has 248 valence electrons. The zero-order valence-corrected chi connectivity index (χ0v) is 29.4. The molecule has 5 heterocycles. The number of fused-ring (bicyclic) bond motifs is 1. The fourth-order valence-electron chi connectivity index (χ4n) is 8.11. The molecule has 5 rings (SSSR count). The van der Waals surface area contributed by atoms with Crippen molar-refractivity contribution in [2.75, 3.05) is 7.05 Å². The first kappa shape index (κ1) is 34.4. The molecule has 3 aliphatic rings. The van der Waals surface area contributed by atoms with Gasteiger partial charge in [-0.1, -0.05) is 38.7 Å². The van der Waals surface area contributed by atoms with E-state index in [9.17, 15) is 14.4 Å².